The number of nitrogens with zero attached hydrogens (tertiary/aromatic N) is 4. The van der Waals surface area contributed by atoms with Crippen molar-refractivity contribution in [1.82, 2.24) is 15.0 Å². The van der Waals surface area contributed by atoms with Gasteiger partial charge in [0.1, 0.15) is 23.5 Å². The van der Waals surface area contributed by atoms with E-state index in [1.54, 1.807) is 13.1 Å². The highest BCUT2D eigenvalue weighted by atomic mass is 16.1. The van der Waals surface area contributed by atoms with Crippen LogP contribution in [0.15, 0.2) is 24.7 Å². The second kappa shape index (κ2) is 9.08. The van der Waals surface area contributed by atoms with Gasteiger partial charge in [-0.2, -0.15) is 5.26 Å². The Morgan fingerprint density at radius 1 is 1.15 bits per heavy atom. The third-order valence-corrected chi connectivity index (χ3v) is 4.75. The molecule has 0 aliphatic heterocycles. The zero-order chi connectivity index (χ0) is 19.1. The second-order valence-electron chi connectivity index (χ2n) is 7.01. The van der Waals surface area contributed by atoms with E-state index in [0.717, 1.165) is 17.8 Å². The van der Waals surface area contributed by atoms with Gasteiger partial charge in [-0.25, -0.2) is 15.0 Å². The molecule has 7 nitrogen and oxygen atoms in total. The van der Waals surface area contributed by atoms with E-state index in [2.05, 4.69) is 25.6 Å². The molecule has 0 bridgehead atoms. The average Bonchev–Trinajstić information content (AvgIpc) is 2.69. The molecule has 0 atom stereocenters. The van der Waals surface area contributed by atoms with Gasteiger partial charge >= 0.3 is 0 Å². The van der Waals surface area contributed by atoms with Gasteiger partial charge in [-0.15, -0.1) is 0 Å². The Morgan fingerprint density at radius 3 is 2.59 bits per heavy atom. The molecule has 1 aliphatic carbocycles. The van der Waals surface area contributed by atoms with Crippen molar-refractivity contribution in [1.29, 1.82) is 5.26 Å². The molecule has 0 unspecified atom stereocenters. The summed E-state index contributed by atoms with van der Waals surface area (Å²) < 4.78 is 0. The van der Waals surface area contributed by atoms with E-state index < -0.39 is 0 Å². The number of aromatic nitrogens is 3. The molecule has 0 spiro atoms. The molecule has 27 heavy (non-hydrogen) atoms. The van der Waals surface area contributed by atoms with E-state index in [1.807, 2.05) is 12.1 Å². The number of hydrogen-bond donors (Lipinski definition) is 2. The SMILES string of the molecule is CC(=O)Cc1cnc(Nc2cnc(C#N)cn2)cc1NCC1CCCCC1. The molecule has 0 saturated heterocycles. The van der Waals surface area contributed by atoms with Crippen molar-refractivity contribution in [3.05, 3.63) is 35.9 Å². The molecule has 7 heteroatoms. The van der Waals surface area contributed by atoms with E-state index in [9.17, 15) is 4.79 Å². The number of hydrogen-bond acceptors (Lipinski definition) is 7. The van der Waals surface area contributed by atoms with Crippen LogP contribution >= 0.6 is 0 Å². The number of anilines is 3. The van der Waals surface area contributed by atoms with Crippen molar-refractivity contribution in [2.45, 2.75) is 45.4 Å². The average molecular weight is 364 g/mol. The van der Waals surface area contributed by atoms with Crippen LogP contribution in [-0.2, 0) is 11.2 Å². The minimum absolute atomic E-state index is 0.108. The maximum Gasteiger partial charge on any atom is 0.158 e. The smallest absolute Gasteiger partial charge is 0.158 e. The van der Waals surface area contributed by atoms with Crippen LogP contribution in [0.3, 0.4) is 0 Å². The lowest BCUT2D eigenvalue weighted by Crippen LogP contribution is -2.18. The standard InChI is InChI=1S/C20H24N6O/c1-14(27)7-16-11-24-19(26-20-13-22-17(9-21)12-25-20)8-18(16)23-10-15-5-3-2-4-6-15/h8,11-13,15H,2-7,10H2,1H3,(H2,23,24,25,26). The zero-order valence-corrected chi connectivity index (χ0v) is 15.5. The summed E-state index contributed by atoms with van der Waals surface area (Å²) in [5.41, 5.74) is 2.09. The van der Waals surface area contributed by atoms with Crippen LogP contribution in [0.2, 0.25) is 0 Å². The van der Waals surface area contributed by atoms with Crippen molar-refractivity contribution >= 4 is 23.1 Å². The molecule has 1 aliphatic rings. The van der Waals surface area contributed by atoms with Gasteiger partial charge in [0, 0.05) is 36.5 Å². The summed E-state index contributed by atoms with van der Waals surface area (Å²) in [5, 5.41) is 15.4. The van der Waals surface area contributed by atoms with Crippen LogP contribution in [0.4, 0.5) is 17.3 Å². The highest BCUT2D eigenvalue weighted by Crippen LogP contribution is 2.26. The molecule has 0 radical (unpaired) electrons. The van der Waals surface area contributed by atoms with Crippen molar-refractivity contribution in [2.24, 2.45) is 5.92 Å². The summed E-state index contributed by atoms with van der Waals surface area (Å²) in [4.78, 5) is 24.1. The third-order valence-electron chi connectivity index (χ3n) is 4.75. The van der Waals surface area contributed by atoms with Crippen LogP contribution in [0, 0.1) is 17.2 Å². The quantitative estimate of drug-likeness (QED) is 0.773. The van der Waals surface area contributed by atoms with Gasteiger partial charge in [-0.05, 0) is 25.7 Å². The number of Topliss-reactive ketones (excluding diaryl/α,β-unsaturated/α-hetero) is 1. The molecule has 140 valence electrons. The molecular formula is C20H24N6O. The number of nitriles is 1. The normalized spacial score (nSPS) is 14.4. The van der Waals surface area contributed by atoms with Gasteiger partial charge in [0.05, 0.1) is 12.4 Å². The molecule has 2 aromatic rings. The van der Waals surface area contributed by atoms with Gasteiger partial charge < -0.3 is 10.6 Å². The van der Waals surface area contributed by atoms with Crippen LogP contribution in [-0.4, -0.2) is 27.3 Å². The fraction of sp³-hybridized carbons (Fsp3) is 0.450. The Hall–Kier alpha value is -3.01. The van der Waals surface area contributed by atoms with Gasteiger partial charge in [0.2, 0.25) is 0 Å². The molecule has 3 rings (SSSR count). The first-order chi connectivity index (χ1) is 13.1. The van der Waals surface area contributed by atoms with E-state index >= 15 is 0 Å². The second-order valence-corrected chi connectivity index (χ2v) is 7.01. The Morgan fingerprint density at radius 2 is 1.93 bits per heavy atom. The van der Waals surface area contributed by atoms with Crippen molar-refractivity contribution in [2.75, 3.05) is 17.2 Å². The van der Waals surface area contributed by atoms with E-state index in [4.69, 9.17) is 5.26 Å². The summed E-state index contributed by atoms with van der Waals surface area (Å²) in [6.45, 7) is 2.49. The Kier molecular flexibility index (Phi) is 6.31. The fourth-order valence-electron chi connectivity index (χ4n) is 3.35. The van der Waals surface area contributed by atoms with Crippen molar-refractivity contribution in [3.63, 3.8) is 0 Å². The summed E-state index contributed by atoms with van der Waals surface area (Å²) in [5.74, 6) is 1.92. The Balaban J connectivity index is 1.74. The zero-order valence-electron chi connectivity index (χ0n) is 15.5. The van der Waals surface area contributed by atoms with Gasteiger partial charge in [-0.3, -0.25) is 4.79 Å². The molecule has 0 aromatic carbocycles. The maximum absolute atomic E-state index is 11.6. The number of carbonyl (C=O) groups is 1. The van der Waals surface area contributed by atoms with Crippen molar-refractivity contribution < 1.29 is 4.79 Å². The summed E-state index contributed by atoms with van der Waals surface area (Å²) in [7, 11) is 0. The van der Waals surface area contributed by atoms with Gasteiger partial charge in [-0.1, -0.05) is 19.3 Å². The Bertz CT molecular complexity index is 821. The molecule has 1 saturated carbocycles. The van der Waals surface area contributed by atoms with E-state index in [0.29, 0.717) is 24.0 Å². The van der Waals surface area contributed by atoms with E-state index in [-0.39, 0.29) is 11.5 Å². The van der Waals surface area contributed by atoms with Crippen LogP contribution in [0.5, 0.6) is 0 Å². The minimum Gasteiger partial charge on any atom is -0.384 e. The lowest BCUT2D eigenvalue weighted by Gasteiger charge is -2.23. The summed E-state index contributed by atoms with van der Waals surface area (Å²) in [6, 6.07) is 3.85. The number of carbonyl (C=O) groups excluding carboxylic acids is 1. The van der Waals surface area contributed by atoms with Crippen LogP contribution in [0.1, 0.15) is 50.3 Å². The van der Waals surface area contributed by atoms with Gasteiger partial charge in [0.25, 0.3) is 0 Å². The highest BCUT2D eigenvalue weighted by Gasteiger charge is 2.15. The molecule has 2 aromatic heterocycles. The Labute approximate surface area is 159 Å². The minimum atomic E-state index is 0.108. The summed E-state index contributed by atoms with van der Waals surface area (Å²) in [6.07, 6.45) is 11.4. The largest absolute Gasteiger partial charge is 0.384 e. The number of pyridine rings is 1. The predicted molar refractivity (Wildman–Crippen MR) is 104 cm³/mol. The number of ketones is 1. The molecule has 2 N–H and O–H groups in total. The van der Waals surface area contributed by atoms with Crippen LogP contribution < -0.4 is 10.6 Å². The fourth-order valence-corrected chi connectivity index (χ4v) is 3.35. The third kappa shape index (κ3) is 5.48. The monoisotopic (exact) mass is 364 g/mol. The van der Waals surface area contributed by atoms with Gasteiger partial charge in [0.15, 0.2) is 5.69 Å². The molecular weight excluding hydrogens is 340 g/mol. The first-order valence-corrected chi connectivity index (χ1v) is 9.35. The molecule has 2 heterocycles. The van der Waals surface area contributed by atoms with Crippen molar-refractivity contribution in [3.8, 4) is 6.07 Å². The molecule has 1 fully saturated rings. The predicted octanol–water partition coefficient (Wildman–Crippen LogP) is 3.61. The maximum atomic E-state index is 11.6. The lowest BCUT2D eigenvalue weighted by atomic mass is 9.89. The highest BCUT2D eigenvalue weighted by molar-refractivity contribution is 5.80. The number of rotatable bonds is 7. The van der Waals surface area contributed by atoms with Crippen LogP contribution in [0.25, 0.3) is 0 Å². The number of nitrogens with one attached hydrogen (secondary N) is 2. The summed E-state index contributed by atoms with van der Waals surface area (Å²) >= 11 is 0. The topological polar surface area (TPSA) is 104 Å². The first-order valence-electron chi connectivity index (χ1n) is 9.35. The lowest BCUT2D eigenvalue weighted by molar-refractivity contribution is -0.116. The van der Waals surface area contributed by atoms with E-state index in [1.165, 1.54) is 44.5 Å². The molecule has 0 amide bonds. The first kappa shape index (κ1) is 18.8.